The molecule has 8 nitrogen and oxygen atoms in total. The van der Waals surface area contributed by atoms with Gasteiger partial charge in [0, 0.05) is 13.1 Å². The monoisotopic (exact) mass is 303 g/mol. The lowest BCUT2D eigenvalue weighted by molar-refractivity contribution is 0.307. The highest BCUT2D eigenvalue weighted by Crippen LogP contribution is 2.24. The molecule has 114 valence electrons. The molecule has 1 aromatic heterocycles. The van der Waals surface area contributed by atoms with Crippen LogP contribution in [0.5, 0.6) is 5.88 Å². The topological polar surface area (TPSA) is 119 Å². The molecule has 0 aromatic carbocycles. The Bertz CT molecular complexity index is 521. The van der Waals surface area contributed by atoms with Gasteiger partial charge in [-0.15, -0.1) is 0 Å². The molecule has 0 atom stereocenters. The van der Waals surface area contributed by atoms with Gasteiger partial charge in [-0.1, -0.05) is 13.8 Å². The van der Waals surface area contributed by atoms with Gasteiger partial charge >= 0.3 is 0 Å². The lowest BCUT2D eigenvalue weighted by Gasteiger charge is -2.11. The molecule has 0 spiro atoms. The van der Waals surface area contributed by atoms with Crippen molar-refractivity contribution < 1.29 is 13.2 Å². The second kappa shape index (κ2) is 7.85. The molecule has 1 aromatic rings. The molecule has 0 saturated heterocycles. The van der Waals surface area contributed by atoms with E-state index in [1.165, 1.54) is 6.33 Å². The van der Waals surface area contributed by atoms with Crippen LogP contribution in [0.3, 0.4) is 0 Å². The molecule has 20 heavy (non-hydrogen) atoms. The van der Waals surface area contributed by atoms with E-state index in [-0.39, 0.29) is 18.0 Å². The van der Waals surface area contributed by atoms with E-state index in [4.69, 9.17) is 10.5 Å². The van der Waals surface area contributed by atoms with Crippen LogP contribution < -0.4 is 20.5 Å². The van der Waals surface area contributed by atoms with Crippen molar-refractivity contribution in [2.75, 3.05) is 36.5 Å². The van der Waals surface area contributed by atoms with Crippen LogP contribution >= 0.6 is 0 Å². The fraction of sp³-hybridized carbons (Fsp3) is 0.636. The molecule has 0 unspecified atom stereocenters. The van der Waals surface area contributed by atoms with Gasteiger partial charge in [0.1, 0.15) is 12.0 Å². The van der Waals surface area contributed by atoms with Gasteiger partial charge in [-0.3, -0.25) is 0 Å². The normalized spacial score (nSPS) is 11.3. The van der Waals surface area contributed by atoms with Gasteiger partial charge in [-0.05, 0) is 6.42 Å². The largest absolute Gasteiger partial charge is 0.476 e. The Morgan fingerprint density at radius 1 is 1.35 bits per heavy atom. The molecule has 0 saturated carbocycles. The summed E-state index contributed by atoms with van der Waals surface area (Å²) >= 11 is 0. The highest BCUT2D eigenvalue weighted by molar-refractivity contribution is 7.89. The number of sulfonamides is 1. The number of rotatable bonds is 9. The summed E-state index contributed by atoms with van der Waals surface area (Å²) in [5, 5.41) is 2.87. The second-order valence-corrected chi connectivity index (χ2v) is 5.96. The van der Waals surface area contributed by atoms with Gasteiger partial charge < -0.3 is 15.8 Å². The quantitative estimate of drug-likeness (QED) is 0.596. The molecule has 9 heteroatoms. The number of nitrogens with zero attached hydrogens (tertiary/aromatic N) is 2. The number of aromatic nitrogens is 2. The highest BCUT2D eigenvalue weighted by atomic mass is 32.2. The van der Waals surface area contributed by atoms with Crippen LogP contribution in [-0.2, 0) is 10.0 Å². The molecule has 0 aliphatic carbocycles. The lowest BCUT2D eigenvalue weighted by atomic mass is 10.4. The van der Waals surface area contributed by atoms with Crippen LogP contribution in [0.2, 0.25) is 0 Å². The zero-order valence-electron chi connectivity index (χ0n) is 11.7. The number of nitrogens with one attached hydrogen (secondary N) is 2. The molecule has 1 rings (SSSR count). The van der Waals surface area contributed by atoms with Gasteiger partial charge in [0.15, 0.2) is 5.82 Å². The molecular weight excluding hydrogens is 282 g/mol. The van der Waals surface area contributed by atoms with E-state index in [1.807, 2.05) is 6.92 Å². The number of nitrogens with two attached hydrogens (primary N) is 1. The summed E-state index contributed by atoms with van der Waals surface area (Å²) in [6, 6.07) is 0. The summed E-state index contributed by atoms with van der Waals surface area (Å²) in [5.74, 6) is 0.617. The first-order valence-corrected chi connectivity index (χ1v) is 8.09. The van der Waals surface area contributed by atoms with Crippen LogP contribution in [0.25, 0.3) is 0 Å². The Morgan fingerprint density at radius 3 is 2.75 bits per heavy atom. The molecular formula is C11H21N5O3S. The van der Waals surface area contributed by atoms with Crippen molar-refractivity contribution in [1.29, 1.82) is 0 Å². The first kappa shape index (κ1) is 16.4. The van der Waals surface area contributed by atoms with Crippen molar-refractivity contribution in [2.24, 2.45) is 0 Å². The maximum Gasteiger partial charge on any atom is 0.242 e. The highest BCUT2D eigenvalue weighted by Gasteiger charge is 2.11. The van der Waals surface area contributed by atoms with E-state index in [2.05, 4.69) is 20.0 Å². The first-order chi connectivity index (χ1) is 9.50. The Morgan fingerprint density at radius 2 is 2.10 bits per heavy atom. The zero-order chi connectivity index (χ0) is 15.0. The average Bonchev–Trinajstić information content (AvgIpc) is 2.39. The standard InChI is InChI=1S/C11H21N5O3S/c1-3-6-19-11-9(12)10(14-8-15-11)13-5-7-20(17,18)16-4-2/h8,16H,3-7,12H2,1-2H3,(H,13,14,15). The molecule has 0 fully saturated rings. The minimum absolute atomic E-state index is 0.0601. The van der Waals surface area contributed by atoms with Gasteiger partial charge in [0.25, 0.3) is 0 Å². The van der Waals surface area contributed by atoms with Crippen molar-refractivity contribution in [3.05, 3.63) is 6.33 Å². The van der Waals surface area contributed by atoms with Gasteiger partial charge in [-0.25, -0.2) is 18.1 Å². The second-order valence-electron chi connectivity index (χ2n) is 4.03. The summed E-state index contributed by atoms with van der Waals surface area (Å²) in [7, 11) is -3.27. The molecule has 0 radical (unpaired) electrons. The molecule has 0 aliphatic heterocycles. The van der Waals surface area contributed by atoms with Gasteiger partial charge in [-0.2, -0.15) is 4.98 Å². The van der Waals surface area contributed by atoms with Crippen LogP contribution in [-0.4, -0.2) is 43.8 Å². The maximum atomic E-state index is 11.5. The van der Waals surface area contributed by atoms with Crippen molar-refractivity contribution in [2.45, 2.75) is 20.3 Å². The predicted octanol–water partition coefficient (Wildman–Crippen LogP) is 0.199. The van der Waals surface area contributed by atoms with Crippen molar-refractivity contribution >= 4 is 21.5 Å². The Labute approximate surface area is 119 Å². The van der Waals surface area contributed by atoms with E-state index in [0.717, 1.165) is 6.42 Å². The zero-order valence-corrected chi connectivity index (χ0v) is 12.5. The van der Waals surface area contributed by atoms with Crippen LogP contribution in [0, 0.1) is 0 Å². The summed E-state index contributed by atoms with van der Waals surface area (Å²) in [4.78, 5) is 7.90. The van der Waals surface area contributed by atoms with Crippen LogP contribution in [0.15, 0.2) is 6.33 Å². The third kappa shape index (κ3) is 5.17. The molecule has 1 heterocycles. The van der Waals surface area contributed by atoms with E-state index in [1.54, 1.807) is 6.92 Å². The molecule has 4 N–H and O–H groups in total. The number of nitrogen functional groups attached to an aromatic ring is 1. The van der Waals surface area contributed by atoms with Crippen molar-refractivity contribution in [3.63, 3.8) is 0 Å². The van der Waals surface area contributed by atoms with Crippen molar-refractivity contribution in [1.82, 2.24) is 14.7 Å². The minimum atomic E-state index is -3.27. The predicted molar refractivity (Wildman–Crippen MR) is 78.2 cm³/mol. The van der Waals surface area contributed by atoms with Crippen LogP contribution in [0.4, 0.5) is 11.5 Å². The maximum absolute atomic E-state index is 11.5. The Hall–Kier alpha value is -1.61. The smallest absolute Gasteiger partial charge is 0.242 e. The Kier molecular flexibility index (Phi) is 6.46. The molecule has 0 aliphatic rings. The third-order valence-corrected chi connectivity index (χ3v) is 3.79. The number of ether oxygens (including phenoxy) is 1. The fourth-order valence-electron chi connectivity index (χ4n) is 1.43. The first-order valence-electron chi connectivity index (χ1n) is 6.44. The number of hydrogen-bond acceptors (Lipinski definition) is 7. The van der Waals surface area contributed by atoms with E-state index >= 15 is 0 Å². The van der Waals surface area contributed by atoms with Crippen LogP contribution in [0.1, 0.15) is 20.3 Å². The number of anilines is 2. The SMILES string of the molecule is CCCOc1ncnc(NCCS(=O)(=O)NCC)c1N. The Balaban J connectivity index is 2.60. The third-order valence-electron chi connectivity index (χ3n) is 2.32. The van der Waals surface area contributed by atoms with E-state index in [9.17, 15) is 8.42 Å². The number of hydrogen-bond donors (Lipinski definition) is 3. The lowest BCUT2D eigenvalue weighted by Crippen LogP contribution is -2.29. The minimum Gasteiger partial charge on any atom is -0.476 e. The van der Waals surface area contributed by atoms with E-state index < -0.39 is 10.0 Å². The summed E-state index contributed by atoms with van der Waals surface area (Å²) in [5.41, 5.74) is 6.13. The van der Waals surface area contributed by atoms with E-state index in [0.29, 0.717) is 24.8 Å². The van der Waals surface area contributed by atoms with Crippen molar-refractivity contribution in [3.8, 4) is 5.88 Å². The summed E-state index contributed by atoms with van der Waals surface area (Å²) in [6.45, 7) is 4.78. The fourth-order valence-corrected chi connectivity index (χ4v) is 2.38. The molecule has 0 amide bonds. The summed E-state index contributed by atoms with van der Waals surface area (Å²) < 4.78 is 30.7. The van der Waals surface area contributed by atoms with Gasteiger partial charge in [0.2, 0.25) is 15.9 Å². The van der Waals surface area contributed by atoms with Gasteiger partial charge in [0.05, 0.1) is 12.4 Å². The molecule has 0 bridgehead atoms. The average molecular weight is 303 g/mol. The summed E-state index contributed by atoms with van der Waals surface area (Å²) in [6.07, 6.45) is 2.16.